The number of benzene rings is 1. The van der Waals surface area contributed by atoms with Gasteiger partial charge in [-0.3, -0.25) is 9.59 Å². The first-order valence-corrected chi connectivity index (χ1v) is 7.63. The lowest BCUT2D eigenvalue weighted by Gasteiger charge is -2.22. The fourth-order valence-electron chi connectivity index (χ4n) is 2.34. The van der Waals surface area contributed by atoms with Crippen LogP contribution in [0.5, 0.6) is 0 Å². The van der Waals surface area contributed by atoms with Crippen molar-refractivity contribution in [2.45, 2.75) is 27.2 Å². The summed E-state index contributed by atoms with van der Waals surface area (Å²) in [5.41, 5.74) is 2.79. The van der Waals surface area contributed by atoms with Crippen molar-refractivity contribution in [2.24, 2.45) is 0 Å². The maximum atomic E-state index is 12.5. The van der Waals surface area contributed by atoms with E-state index in [0.29, 0.717) is 25.3 Å². The molecule has 0 saturated heterocycles. The molecule has 0 fully saturated rings. The first-order valence-electron chi connectivity index (χ1n) is 7.63. The minimum absolute atomic E-state index is 0.0554. The van der Waals surface area contributed by atoms with Gasteiger partial charge in [-0.15, -0.1) is 0 Å². The van der Waals surface area contributed by atoms with Gasteiger partial charge in [-0.25, -0.2) is 0 Å². The maximum Gasteiger partial charge on any atom is 0.307 e. The van der Waals surface area contributed by atoms with E-state index in [1.54, 1.807) is 11.8 Å². The lowest BCUT2D eigenvalue weighted by molar-refractivity contribution is -0.143. The Morgan fingerprint density at radius 1 is 1.18 bits per heavy atom. The largest absolute Gasteiger partial charge is 0.466 e. The zero-order valence-corrected chi connectivity index (χ0v) is 14.2. The SMILES string of the molecule is CCOC(=O)CCN(CC)C(=O)c1ccc(N(C)C)c(C)c1. The third kappa shape index (κ3) is 4.76. The summed E-state index contributed by atoms with van der Waals surface area (Å²) >= 11 is 0. The number of nitrogens with zero attached hydrogens (tertiary/aromatic N) is 2. The Balaban J connectivity index is 2.79. The molecule has 0 unspecified atom stereocenters. The molecule has 0 bridgehead atoms. The molecule has 0 aliphatic rings. The van der Waals surface area contributed by atoms with E-state index in [9.17, 15) is 9.59 Å². The van der Waals surface area contributed by atoms with Gasteiger partial charge in [0.1, 0.15) is 0 Å². The number of anilines is 1. The van der Waals surface area contributed by atoms with Crippen LogP contribution in [-0.4, -0.2) is 50.6 Å². The van der Waals surface area contributed by atoms with Crippen LogP contribution in [0.15, 0.2) is 18.2 Å². The van der Waals surface area contributed by atoms with Gasteiger partial charge in [-0.05, 0) is 44.5 Å². The number of aryl methyl sites for hydroxylation is 1. The predicted molar refractivity (Wildman–Crippen MR) is 88.3 cm³/mol. The number of amides is 1. The standard InChI is InChI=1S/C17H26N2O3/c1-6-19(11-10-16(20)22-7-2)17(21)14-8-9-15(18(4)5)13(3)12-14/h8-9,12H,6-7,10-11H2,1-5H3. The van der Waals surface area contributed by atoms with E-state index in [-0.39, 0.29) is 18.3 Å². The number of esters is 1. The van der Waals surface area contributed by atoms with Crippen LogP contribution < -0.4 is 4.90 Å². The van der Waals surface area contributed by atoms with Crippen LogP contribution in [0, 0.1) is 6.92 Å². The van der Waals surface area contributed by atoms with Gasteiger partial charge in [-0.1, -0.05) is 0 Å². The van der Waals surface area contributed by atoms with E-state index in [2.05, 4.69) is 0 Å². The molecule has 22 heavy (non-hydrogen) atoms. The Kier molecular flexibility index (Phi) is 6.89. The highest BCUT2D eigenvalue weighted by atomic mass is 16.5. The molecular formula is C17H26N2O3. The van der Waals surface area contributed by atoms with Crippen molar-refractivity contribution in [3.05, 3.63) is 29.3 Å². The van der Waals surface area contributed by atoms with Crippen molar-refractivity contribution >= 4 is 17.6 Å². The van der Waals surface area contributed by atoms with Gasteiger partial charge in [0.25, 0.3) is 5.91 Å². The van der Waals surface area contributed by atoms with Gasteiger partial charge in [0.2, 0.25) is 0 Å². The van der Waals surface area contributed by atoms with Gasteiger partial charge < -0.3 is 14.5 Å². The second-order valence-corrected chi connectivity index (χ2v) is 5.34. The Morgan fingerprint density at radius 2 is 1.86 bits per heavy atom. The van der Waals surface area contributed by atoms with Crippen molar-refractivity contribution in [2.75, 3.05) is 38.7 Å². The zero-order chi connectivity index (χ0) is 16.7. The molecule has 0 aliphatic carbocycles. The van der Waals surface area contributed by atoms with Crippen LogP contribution in [-0.2, 0) is 9.53 Å². The third-order valence-electron chi connectivity index (χ3n) is 3.49. The molecule has 0 saturated carbocycles. The summed E-state index contributed by atoms with van der Waals surface area (Å²) in [5, 5.41) is 0. The zero-order valence-electron chi connectivity index (χ0n) is 14.2. The molecule has 0 spiro atoms. The summed E-state index contributed by atoms with van der Waals surface area (Å²) in [7, 11) is 3.95. The quantitative estimate of drug-likeness (QED) is 0.726. The summed E-state index contributed by atoms with van der Waals surface area (Å²) in [6.07, 6.45) is 0.224. The monoisotopic (exact) mass is 306 g/mol. The lowest BCUT2D eigenvalue weighted by atomic mass is 10.1. The van der Waals surface area contributed by atoms with Gasteiger partial charge in [-0.2, -0.15) is 0 Å². The van der Waals surface area contributed by atoms with E-state index in [1.807, 2.05) is 51.0 Å². The molecule has 1 aromatic rings. The molecule has 1 amide bonds. The van der Waals surface area contributed by atoms with Gasteiger partial charge in [0, 0.05) is 38.4 Å². The Bertz CT molecular complexity index is 527. The molecule has 1 rings (SSSR count). The highest BCUT2D eigenvalue weighted by Crippen LogP contribution is 2.20. The summed E-state index contributed by atoms with van der Waals surface area (Å²) < 4.78 is 4.90. The highest BCUT2D eigenvalue weighted by molar-refractivity contribution is 5.95. The molecule has 0 aromatic heterocycles. The topological polar surface area (TPSA) is 49.9 Å². The number of hydrogen-bond donors (Lipinski definition) is 0. The molecule has 5 heteroatoms. The molecule has 0 heterocycles. The first kappa shape index (κ1) is 18.0. The Labute approximate surface area is 132 Å². The minimum atomic E-state index is -0.270. The average Bonchev–Trinajstić information content (AvgIpc) is 2.47. The van der Waals surface area contributed by atoms with Crippen molar-refractivity contribution in [3.8, 4) is 0 Å². The second-order valence-electron chi connectivity index (χ2n) is 5.34. The number of carbonyl (C=O) groups is 2. The fourth-order valence-corrected chi connectivity index (χ4v) is 2.34. The molecule has 5 nitrogen and oxygen atoms in total. The smallest absolute Gasteiger partial charge is 0.307 e. The van der Waals surface area contributed by atoms with Crippen molar-refractivity contribution < 1.29 is 14.3 Å². The maximum absolute atomic E-state index is 12.5. The molecule has 1 aromatic carbocycles. The van der Waals surface area contributed by atoms with E-state index in [0.717, 1.165) is 11.3 Å². The number of rotatable bonds is 7. The summed E-state index contributed by atoms with van der Waals surface area (Å²) in [6, 6.07) is 5.67. The summed E-state index contributed by atoms with van der Waals surface area (Å²) in [6.45, 7) is 6.97. The van der Waals surface area contributed by atoms with Crippen LogP contribution in [0.4, 0.5) is 5.69 Å². The van der Waals surface area contributed by atoms with Crippen LogP contribution in [0.25, 0.3) is 0 Å². The van der Waals surface area contributed by atoms with Crippen LogP contribution >= 0.6 is 0 Å². The van der Waals surface area contributed by atoms with E-state index in [1.165, 1.54) is 0 Å². The second kappa shape index (κ2) is 8.41. The van der Waals surface area contributed by atoms with Crippen LogP contribution in [0.1, 0.15) is 36.2 Å². The lowest BCUT2D eigenvalue weighted by Crippen LogP contribution is -2.33. The molecule has 122 valence electrons. The van der Waals surface area contributed by atoms with E-state index < -0.39 is 0 Å². The van der Waals surface area contributed by atoms with Crippen LogP contribution in [0.2, 0.25) is 0 Å². The fraction of sp³-hybridized carbons (Fsp3) is 0.529. The highest BCUT2D eigenvalue weighted by Gasteiger charge is 2.16. The van der Waals surface area contributed by atoms with Gasteiger partial charge in [0.15, 0.2) is 0 Å². The number of hydrogen-bond acceptors (Lipinski definition) is 4. The predicted octanol–water partition coefficient (Wildman–Crippen LogP) is 2.48. The van der Waals surface area contributed by atoms with E-state index >= 15 is 0 Å². The van der Waals surface area contributed by atoms with Crippen molar-refractivity contribution in [3.63, 3.8) is 0 Å². The first-order chi connectivity index (χ1) is 10.4. The molecule has 0 radical (unpaired) electrons. The molecule has 0 atom stereocenters. The number of carbonyl (C=O) groups excluding carboxylic acids is 2. The van der Waals surface area contributed by atoms with Crippen molar-refractivity contribution in [1.82, 2.24) is 4.90 Å². The van der Waals surface area contributed by atoms with Crippen molar-refractivity contribution in [1.29, 1.82) is 0 Å². The molecular weight excluding hydrogens is 280 g/mol. The minimum Gasteiger partial charge on any atom is -0.466 e. The van der Waals surface area contributed by atoms with Gasteiger partial charge >= 0.3 is 5.97 Å². The Morgan fingerprint density at radius 3 is 2.36 bits per heavy atom. The van der Waals surface area contributed by atoms with Crippen LogP contribution in [0.3, 0.4) is 0 Å². The van der Waals surface area contributed by atoms with Gasteiger partial charge in [0.05, 0.1) is 13.0 Å². The number of ether oxygens (including phenoxy) is 1. The average molecular weight is 306 g/mol. The summed E-state index contributed by atoms with van der Waals surface area (Å²) in [5.74, 6) is -0.326. The Hall–Kier alpha value is -2.04. The third-order valence-corrected chi connectivity index (χ3v) is 3.49. The molecule has 0 aliphatic heterocycles. The summed E-state index contributed by atoms with van der Waals surface area (Å²) in [4.78, 5) is 27.7. The molecule has 0 N–H and O–H groups in total. The van der Waals surface area contributed by atoms with E-state index in [4.69, 9.17) is 4.74 Å². The normalized spacial score (nSPS) is 10.2.